The van der Waals surface area contributed by atoms with Crippen LogP contribution in [0.1, 0.15) is 5.56 Å². The first-order chi connectivity index (χ1) is 11.2. The van der Waals surface area contributed by atoms with Gasteiger partial charge in [0.05, 0.1) is 17.0 Å². The number of methoxy groups -OCH3 is 1. The van der Waals surface area contributed by atoms with E-state index in [2.05, 4.69) is 9.98 Å². The summed E-state index contributed by atoms with van der Waals surface area (Å²) in [6, 6.07) is 7.52. The average Bonchev–Trinajstić information content (AvgIpc) is 2.85. The van der Waals surface area contributed by atoms with Gasteiger partial charge in [-0.1, -0.05) is 6.07 Å². The fourth-order valence-electron chi connectivity index (χ4n) is 2.17. The minimum absolute atomic E-state index is 0.271. The van der Waals surface area contributed by atoms with E-state index in [1.54, 1.807) is 19.4 Å². The van der Waals surface area contributed by atoms with Gasteiger partial charge < -0.3 is 15.2 Å². The molecule has 0 saturated carbocycles. The van der Waals surface area contributed by atoms with Crippen LogP contribution in [-0.2, 0) is 9.53 Å². The lowest BCUT2D eigenvalue weighted by atomic mass is 10.1. The van der Waals surface area contributed by atoms with Crippen LogP contribution in [0.4, 0.5) is 0 Å². The van der Waals surface area contributed by atoms with Crippen LogP contribution in [0.5, 0.6) is 5.75 Å². The number of nitrogens with two attached hydrogens (primary N) is 1. The fraction of sp³-hybridized carbons (Fsp3) is 0.188. The Bertz CT molecular complexity index is 817. The Morgan fingerprint density at radius 2 is 2.17 bits per heavy atom. The second-order valence-corrected chi connectivity index (χ2v) is 5.86. The van der Waals surface area contributed by atoms with Crippen molar-refractivity contribution in [3.05, 3.63) is 40.9 Å². The highest BCUT2D eigenvalue weighted by Crippen LogP contribution is 2.29. The number of benzene rings is 1. The molecule has 0 radical (unpaired) electrons. The number of ether oxygens (including phenoxy) is 2. The molecule has 0 aliphatic carbocycles. The van der Waals surface area contributed by atoms with Gasteiger partial charge in [0, 0.05) is 18.7 Å². The molecule has 0 spiro atoms. The number of aliphatic imine (C=N–C) groups is 1. The summed E-state index contributed by atoms with van der Waals surface area (Å²) in [7, 11) is 1.63. The molecule has 3 rings (SSSR count). The van der Waals surface area contributed by atoms with Crippen molar-refractivity contribution in [2.45, 2.75) is 0 Å². The standard InChI is InChI=1S/C16H15N3O3S/c1-21-6-7-22-13-4-5-18-12-3-2-10(8-11(12)13)9-14-15(20)19-16(17)23-14/h2-5,8-9H,6-7H2,1H3,(H2,17,19,20)/b14-9+. The molecule has 0 bridgehead atoms. The molecule has 1 aromatic carbocycles. The van der Waals surface area contributed by atoms with Crippen molar-refractivity contribution in [2.75, 3.05) is 20.3 Å². The van der Waals surface area contributed by atoms with Crippen LogP contribution in [0.15, 0.2) is 40.4 Å². The maximum absolute atomic E-state index is 11.7. The van der Waals surface area contributed by atoms with Gasteiger partial charge in [0.2, 0.25) is 0 Å². The molecule has 0 atom stereocenters. The maximum Gasteiger partial charge on any atom is 0.286 e. The summed E-state index contributed by atoms with van der Waals surface area (Å²) in [5.74, 6) is 0.420. The first-order valence-corrected chi connectivity index (χ1v) is 7.77. The molecule has 1 aliphatic rings. The number of thioether (sulfide) groups is 1. The Hall–Kier alpha value is -2.38. The number of nitrogens with zero attached hydrogens (tertiary/aromatic N) is 2. The smallest absolute Gasteiger partial charge is 0.286 e. The van der Waals surface area contributed by atoms with E-state index in [1.807, 2.05) is 24.3 Å². The van der Waals surface area contributed by atoms with E-state index in [4.69, 9.17) is 15.2 Å². The molecular weight excluding hydrogens is 314 g/mol. The Labute approximate surface area is 137 Å². The number of amides is 1. The molecule has 1 aromatic heterocycles. The summed E-state index contributed by atoms with van der Waals surface area (Å²) >= 11 is 1.17. The van der Waals surface area contributed by atoms with Crippen LogP contribution in [0.3, 0.4) is 0 Å². The van der Waals surface area contributed by atoms with Crippen LogP contribution in [-0.4, -0.2) is 36.4 Å². The zero-order chi connectivity index (χ0) is 16.2. The van der Waals surface area contributed by atoms with E-state index in [0.29, 0.717) is 18.1 Å². The zero-order valence-corrected chi connectivity index (χ0v) is 13.3. The van der Waals surface area contributed by atoms with E-state index < -0.39 is 0 Å². The van der Waals surface area contributed by atoms with E-state index in [0.717, 1.165) is 22.2 Å². The monoisotopic (exact) mass is 329 g/mol. The summed E-state index contributed by atoms with van der Waals surface area (Å²) in [4.78, 5) is 20.2. The van der Waals surface area contributed by atoms with E-state index >= 15 is 0 Å². The number of carbonyl (C=O) groups is 1. The maximum atomic E-state index is 11.7. The van der Waals surface area contributed by atoms with Gasteiger partial charge in [-0.3, -0.25) is 9.78 Å². The second-order valence-electron chi connectivity index (χ2n) is 4.79. The van der Waals surface area contributed by atoms with Gasteiger partial charge in [-0.15, -0.1) is 0 Å². The number of carbonyl (C=O) groups excluding carboxylic acids is 1. The molecule has 1 amide bonds. The lowest BCUT2D eigenvalue weighted by Crippen LogP contribution is -2.04. The number of aromatic nitrogens is 1. The molecule has 2 N–H and O–H groups in total. The van der Waals surface area contributed by atoms with Crippen LogP contribution < -0.4 is 10.5 Å². The molecule has 1 aliphatic heterocycles. The van der Waals surface area contributed by atoms with E-state index in [1.165, 1.54) is 11.8 Å². The van der Waals surface area contributed by atoms with Gasteiger partial charge in [-0.05, 0) is 41.6 Å². The van der Waals surface area contributed by atoms with Gasteiger partial charge in [-0.25, -0.2) is 0 Å². The average molecular weight is 329 g/mol. The van der Waals surface area contributed by atoms with Gasteiger partial charge in [0.15, 0.2) is 5.17 Å². The van der Waals surface area contributed by atoms with Crippen molar-refractivity contribution in [3.8, 4) is 5.75 Å². The summed E-state index contributed by atoms with van der Waals surface area (Å²) in [5.41, 5.74) is 7.25. The number of pyridine rings is 1. The van der Waals surface area contributed by atoms with Gasteiger partial charge in [-0.2, -0.15) is 4.99 Å². The number of amidine groups is 1. The summed E-state index contributed by atoms with van der Waals surface area (Å²) in [5, 5.41) is 1.15. The predicted octanol–water partition coefficient (Wildman–Crippen LogP) is 2.19. The minimum Gasteiger partial charge on any atom is -0.490 e. The van der Waals surface area contributed by atoms with Gasteiger partial charge >= 0.3 is 0 Å². The van der Waals surface area contributed by atoms with Crippen molar-refractivity contribution in [1.82, 2.24) is 4.98 Å². The first kappa shape index (κ1) is 15.5. The number of hydrogen-bond donors (Lipinski definition) is 1. The number of rotatable bonds is 5. The van der Waals surface area contributed by atoms with Crippen LogP contribution in [0, 0.1) is 0 Å². The molecule has 7 heteroatoms. The van der Waals surface area contributed by atoms with Crippen molar-refractivity contribution >= 4 is 39.8 Å². The van der Waals surface area contributed by atoms with E-state index in [-0.39, 0.29) is 11.1 Å². The Morgan fingerprint density at radius 1 is 1.30 bits per heavy atom. The Kier molecular flexibility index (Phi) is 4.59. The first-order valence-electron chi connectivity index (χ1n) is 6.96. The Balaban J connectivity index is 1.93. The lowest BCUT2D eigenvalue weighted by Gasteiger charge is -2.09. The summed E-state index contributed by atoms with van der Waals surface area (Å²) < 4.78 is 10.7. The quantitative estimate of drug-likeness (QED) is 0.668. The minimum atomic E-state index is -0.310. The fourth-order valence-corrected chi connectivity index (χ4v) is 2.85. The molecule has 118 valence electrons. The highest BCUT2D eigenvalue weighted by molar-refractivity contribution is 8.18. The lowest BCUT2D eigenvalue weighted by molar-refractivity contribution is -0.113. The van der Waals surface area contributed by atoms with Crippen molar-refractivity contribution < 1.29 is 14.3 Å². The van der Waals surface area contributed by atoms with Gasteiger partial charge in [0.1, 0.15) is 12.4 Å². The number of fused-ring (bicyclic) bond motifs is 1. The van der Waals surface area contributed by atoms with Crippen LogP contribution in [0.2, 0.25) is 0 Å². The van der Waals surface area contributed by atoms with Crippen LogP contribution >= 0.6 is 11.8 Å². The molecule has 0 unspecified atom stereocenters. The molecule has 2 aromatic rings. The third-order valence-electron chi connectivity index (χ3n) is 3.21. The predicted molar refractivity (Wildman–Crippen MR) is 91.3 cm³/mol. The summed E-state index contributed by atoms with van der Waals surface area (Å²) in [6.45, 7) is 0.967. The third kappa shape index (κ3) is 3.52. The molecule has 0 fully saturated rings. The molecule has 6 nitrogen and oxygen atoms in total. The highest BCUT2D eigenvalue weighted by atomic mass is 32.2. The Morgan fingerprint density at radius 3 is 2.91 bits per heavy atom. The highest BCUT2D eigenvalue weighted by Gasteiger charge is 2.19. The second kappa shape index (κ2) is 6.80. The third-order valence-corrected chi connectivity index (χ3v) is 4.02. The SMILES string of the molecule is COCCOc1ccnc2ccc(/C=C3/SC(N)=NC3=O)cc12. The van der Waals surface area contributed by atoms with Crippen molar-refractivity contribution in [2.24, 2.45) is 10.7 Å². The molecule has 23 heavy (non-hydrogen) atoms. The summed E-state index contributed by atoms with van der Waals surface area (Å²) in [6.07, 6.45) is 3.47. The zero-order valence-electron chi connectivity index (χ0n) is 12.5. The van der Waals surface area contributed by atoms with Gasteiger partial charge in [0.25, 0.3) is 5.91 Å². The van der Waals surface area contributed by atoms with E-state index in [9.17, 15) is 4.79 Å². The molecule has 0 saturated heterocycles. The van der Waals surface area contributed by atoms with Crippen LogP contribution in [0.25, 0.3) is 17.0 Å². The van der Waals surface area contributed by atoms with Crippen molar-refractivity contribution in [1.29, 1.82) is 0 Å². The molecule has 2 heterocycles. The largest absolute Gasteiger partial charge is 0.490 e. The topological polar surface area (TPSA) is 86.8 Å². The van der Waals surface area contributed by atoms with Crippen molar-refractivity contribution in [3.63, 3.8) is 0 Å². The molecular formula is C16H15N3O3S. The number of hydrogen-bond acceptors (Lipinski definition) is 6. The normalized spacial score (nSPS) is 16.1.